The lowest BCUT2D eigenvalue weighted by molar-refractivity contribution is 0.0841. The van der Waals surface area contributed by atoms with Gasteiger partial charge in [0.1, 0.15) is 45.9 Å². The van der Waals surface area contributed by atoms with Crippen LogP contribution in [0, 0.1) is 0 Å². The Kier molecular flexibility index (Phi) is 3.85. The Balaban J connectivity index is 1.55. The van der Waals surface area contributed by atoms with Gasteiger partial charge in [-0.1, -0.05) is 12.1 Å². The van der Waals surface area contributed by atoms with Crippen LogP contribution in [0.15, 0.2) is 36.4 Å². The zero-order chi connectivity index (χ0) is 21.3. The second-order valence-corrected chi connectivity index (χ2v) is 9.12. The van der Waals surface area contributed by atoms with E-state index in [4.69, 9.17) is 14.2 Å². The van der Waals surface area contributed by atoms with Gasteiger partial charge in [0, 0.05) is 11.6 Å². The molecule has 2 aromatic carbocycles. The Morgan fingerprint density at radius 3 is 2.43 bits per heavy atom. The number of hydrogen-bond acceptors (Lipinski definition) is 5. The number of rotatable bonds is 1. The van der Waals surface area contributed by atoms with Crippen molar-refractivity contribution in [2.45, 2.75) is 51.4 Å². The van der Waals surface area contributed by atoms with Crippen molar-refractivity contribution >= 4 is 17.9 Å². The van der Waals surface area contributed by atoms with Crippen LogP contribution < -0.4 is 14.2 Å². The number of aromatic hydroxyl groups is 1. The SMILES string of the molecule is CC1(C)C=Cc2cc([C@H]3CC(=O)c4c(O)cc5c(c4O3)C=CC(C)(C)O5)ccc2O1. The van der Waals surface area contributed by atoms with E-state index in [9.17, 15) is 9.90 Å². The summed E-state index contributed by atoms with van der Waals surface area (Å²) >= 11 is 0. The van der Waals surface area contributed by atoms with Crippen LogP contribution in [0.25, 0.3) is 12.2 Å². The highest BCUT2D eigenvalue weighted by Crippen LogP contribution is 2.48. The van der Waals surface area contributed by atoms with Crippen molar-refractivity contribution < 1.29 is 24.1 Å². The van der Waals surface area contributed by atoms with E-state index in [0.29, 0.717) is 17.1 Å². The zero-order valence-electron chi connectivity index (χ0n) is 17.5. The van der Waals surface area contributed by atoms with Crippen molar-refractivity contribution in [1.82, 2.24) is 0 Å². The molecule has 3 aliphatic rings. The Labute approximate surface area is 175 Å². The third-order valence-electron chi connectivity index (χ3n) is 5.64. The van der Waals surface area contributed by atoms with Gasteiger partial charge in [-0.25, -0.2) is 0 Å². The van der Waals surface area contributed by atoms with Crippen molar-refractivity contribution in [2.24, 2.45) is 0 Å². The fraction of sp³-hybridized carbons (Fsp3) is 0.320. The van der Waals surface area contributed by atoms with Crippen LogP contribution >= 0.6 is 0 Å². The molecule has 0 aromatic heterocycles. The highest BCUT2D eigenvalue weighted by molar-refractivity contribution is 6.04. The third-order valence-corrected chi connectivity index (χ3v) is 5.64. The number of phenolic OH excluding ortho intramolecular Hbond substituents is 1. The van der Waals surface area contributed by atoms with Crippen LogP contribution in [-0.2, 0) is 0 Å². The number of hydrogen-bond donors (Lipinski definition) is 1. The lowest BCUT2D eigenvalue weighted by Gasteiger charge is -2.33. The molecule has 0 spiro atoms. The van der Waals surface area contributed by atoms with Gasteiger partial charge in [0.05, 0.1) is 12.0 Å². The molecule has 2 aromatic rings. The van der Waals surface area contributed by atoms with Gasteiger partial charge in [0.15, 0.2) is 5.78 Å². The molecule has 30 heavy (non-hydrogen) atoms. The molecular weight excluding hydrogens is 380 g/mol. The van der Waals surface area contributed by atoms with Gasteiger partial charge in [0.2, 0.25) is 0 Å². The summed E-state index contributed by atoms with van der Waals surface area (Å²) in [6.45, 7) is 7.88. The van der Waals surface area contributed by atoms with Gasteiger partial charge in [-0.15, -0.1) is 0 Å². The van der Waals surface area contributed by atoms with Gasteiger partial charge in [-0.2, -0.15) is 0 Å². The molecule has 0 saturated heterocycles. The Morgan fingerprint density at radius 2 is 1.67 bits per heavy atom. The average Bonchev–Trinajstić information content (AvgIpc) is 2.65. The molecule has 0 saturated carbocycles. The number of ketones is 1. The topological polar surface area (TPSA) is 65.0 Å². The van der Waals surface area contributed by atoms with E-state index in [1.54, 1.807) is 0 Å². The zero-order valence-corrected chi connectivity index (χ0v) is 17.5. The van der Waals surface area contributed by atoms with Crippen molar-refractivity contribution in [3.63, 3.8) is 0 Å². The molecule has 0 aliphatic carbocycles. The normalized spacial score (nSPS) is 22.1. The molecule has 5 rings (SSSR count). The smallest absolute Gasteiger partial charge is 0.174 e. The Hall–Kier alpha value is -3.21. The summed E-state index contributed by atoms with van der Waals surface area (Å²) in [6, 6.07) is 7.35. The van der Waals surface area contributed by atoms with E-state index in [1.807, 2.05) is 70.2 Å². The predicted octanol–water partition coefficient (Wildman–Crippen LogP) is 5.47. The van der Waals surface area contributed by atoms with E-state index in [2.05, 4.69) is 0 Å². The van der Waals surface area contributed by atoms with Gasteiger partial charge in [-0.3, -0.25) is 4.79 Å². The van der Waals surface area contributed by atoms with Crippen LogP contribution in [0.4, 0.5) is 0 Å². The number of Topliss-reactive ketones (excluding diaryl/α,β-unsaturated/α-hetero) is 1. The molecule has 0 radical (unpaired) electrons. The largest absolute Gasteiger partial charge is 0.507 e. The fourth-order valence-corrected chi connectivity index (χ4v) is 4.11. The summed E-state index contributed by atoms with van der Waals surface area (Å²) in [7, 11) is 0. The van der Waals surface area contributed by atoms with E-state index < -0.39 is 11.7 Å². The highest BCUT2D eigenvalue weighted by atomic mass is 16.5. The average molecular weight is 404 g/mol. The molecule has 3 aliphatic heterocycles. The molecule has 0 fully saturated rings. The van der Waals surface area contributed by atoms with Crippen LogP contribution in [0.1, 0.15) is 67.3 Å². The number of ether oxygens (including phenoxy) is 3. The number of carbonyl (C=O) groups excluding carboxylic acids is 1. The minimum absolute atomic E-state index is 0.109. The number of carbonyl (C=O) groups is 1. The number of phenols is 1. The predicted molar refractivity (Wildman–Crippen MR) is 114 cm³/mol. The molecule has 0 bridgehead atoms. The van der Waals surface area contributed by atoms with E-state index >= 15 is 0 Å². The van der Waals surface area contributed by atoms with Gasteiger partial charge >= 0.3 is 0 Å². The highest BCUT2D eigenvalue weighted by Gasteiger charge is 2.36. The molecule has 0 unspecified atom stereocenters. The number of benzene rings is 2. The Morgan fingerprint density at radius 1 is 0.967 bits per heavy atom. The van der Waals surface area contributed by atoms with Gasteiger partial charge in [0.25, 0.3) is 0 Å². The standard InChI is InChI=1S/C25H24O5/c1-24(2)9-7-15-11-14(5-6-19(15)29-24)20-12-17(26)22-18(27)13-21-16(23(22)28-20)8-10-25(3,4)30-21/h5-11,13,20,27H,12H2,1-4H3/t20-/m1/s1. The Bertz CT molecular complexity index is 1140. The summed E-state index contributed by atoms with van der Waals surface area (Å²) in [4.78, 5) is 12.9. The molecule has 1 N–H and O–H groups in total. The maximum absolute atomic E-state index is 12.9. The first-order valence-electron chi connectivity index (χ1n) is 10.1. The first-order chi connectivity index (χ1) is 14.1. The van der Waals surface area contributed by atoms with Crippen molar-refractivity contribution in [2.75, 3.05) is 0 Å². The molecule has 5 nitrogen and oxygen atoms in total. The van der Waals surface area contributed by atoms with Crippen LogP contribution in [-0.4, -0.2) is 22.1 Å². The van der Waals surface area contributed by atoms with Crippen molar-refractivity contribution in [1.29, 1.82) is 0 Å². The van der Waals surface area contributed by atoms with Crippen molar-refractivity contribution in [3.8, 4) is 23.0 Å². The molecule has 0 amide bonds. The number of fused-ring (bicyclic) bond motifs is 4. The summed E-state index contributed by atoms with van der Waals surface area (Å²) in [5.41, 5.74) is 1.91. The molecule has 3 heterocycles. The molecule has 154 valence electrons. The van der Waals surface area contributed by atoms with Gasteiger partial charge in [-0.05, 0) is 63.6 Å². The maximum atomic E-state index is 12.9. The minimum Gasteiger partial charge on any atom is -0.507 e. The second kappa shape index (κ2) is 6.14. The first-order valence-corrected chi connectivity index (χ1v) is 10.1. The lowest BCUT2D eigenvalue weighted by Crippen LogP contribution is -2.29. The summed E-state index contributed by atoms with van der Waals surface area (Å²) in [5, 5.41) is 10.5. The second-order valence-electron chi connectivity index (χ2n) is 9.12. The monoisotopic (exact) mass is 404 g/mol. The summed E-state index contributed by atoms with van der Waals surface area (Å²) in [5.74, 6) is 1.44. The minimum atomic E-state index is -0.496. The summed E-state index contributed by atoms with van der Waals surface area (Å²) in [6.07, 6.45) is 7.58. The fourth-order valence-electron chi connectivity index (χ4n) is 4.11. The van der Waals surface area contributed by atoms with Crippen LogP contribution in [0.3, 0.4) is 0 Å². The van der Waals surface area contributed by atoms with Crippen LogP contribution in [0.2, 0.25) is 0 Å². The van der Waals surface area contributed by atoms with Gasteiger partial charge < -0.3 is 19.3 Å². The van der Waals surface area contributed by atoms with Crippen molar-refractivity contribution in [3.05, 3.63) is 58.7 Å². The molecule has 5 heteroatoms. The molecule has 1 atom stereocenters. The van der Waals surface area contributed by atoms with E-state index in [-0.39, 0.29) is 29.1 Å². The van der Waals surface area contributed by atoms with Crippen LogP contribution in [0.5, 0.6) is 23.0 Å². The lowest BCUT2D eigenvalue weighted by atomic mass is 9.91. The summed E-state index contributed by atoms with van der Waals surface area (Å²) < 4.78 is 18.3. The van der Waals surface area contributed by atoms with E-state index in [0.717, 1.165) is 16.9 Å². The quantitative estimate of drug-likeness (QED) is 0.683. The van der Waals surface area contributed by atoms with E-state index in [1.165, 1.54) is 6.07 Å². The first kappa shape index (κ1) is 18.8. The maximum Gasteiger partial charge on any atom is 0.174 e. The third kappa shape index (κ3) is 3.05. The molecular formula is C25H24O5.